The quantitative estimate of drug-likeness (QED) is 0.457. The number of nitrogens with zero attached hydrogens (tertiary/aromatic N) is 4. The van der Waals surface area contributed by atoms with E-state index in [4.69, 9.17) is 4.98 Å². The number of amides is 1. The Bertz CT molecular complexity index is 1380. The third kappa shape index (κ3) is 3.48. The molecule has 5 rings (SSSR count). The lowest BCUT2D eigenvalue weighted by Gasteiger charge is -2.06. The van der Waals surface area contributed by atoms with Crippen molar-refractivity contribution in [3.63, 3.8) is 0 Å². The van der Waals surface area contributed by atoms with Crippen molar-refractivity contribution < 1.29 is 4.79 Å². The highest BCUT2D eigenvalue weighted by Crippen LogP contribution is 2.25. The fourth-order valence-corrected chi connectivity index (χ4v) is 3.72. The molecule has 1 amide bonds. The molecule has 2 heterocycles. The van der Waals surface area contributed by atoms with Gasteiger partial charge in [0.15, 0.2) is 5.69 Å². The molecule has 0 saturated heterocycles. The molecule has 5 aromatic rings. The van der Waals surface area contributed by atoms with Crippen LogP contribution in [0.15, 0.2) is 84.9 Å². The van der Waals surface area contributed by atoms with Gasteiger partial charge < -0.3 is 9.88 Å². The SMILES string of the molecule is Cc1cc(C(=O)Nc2ccc(-c3nc4ccccc4n3C)cc2)nn1-c1ccccc1. The summed E-state index contributed by atoms with van der Waals surface area (Å²) in [5.74, 6) is 0.643. The molecule has 6 heteroatoms. The maximum atomic E-state index is 12.7. The summed E-state index contributed by atoms with van der Waals surface area (Å²) < 4.78 is 3.84. The molecule has 1 N–H and O–H groups in total. The van der Waals surface area contributed by atoms with Gasteiger partial charge in [0.05, 0.1) is 16.7 Å². The van der Waals surface area contributed by atoms with Crippen molar-refractivity contribution in [2.45, 2.75) is 6.92 Å². The van der Waals surface area contributed by atoms with E-state index in [-0.39, 0.29) is 5.91 Å². The van der Waals surface area contributed by atoms with E-state index < -0.39 is 0 Å². The maximum absolute atomic E-state index is 12.7. The number of aryl methyl sites for hydroxylation is 2. The smallest absolute Gasteiger partial charge is 0.276 e. The molecular weight excluding hydrogens is 386 g/mol. The Balaban J connectivity index is 1.36. The fraction of sp³-hybridized carbons (Fsp3) is 0.0800. The molecule has 2 aromatic heterocycles. The number of aromatic nitrogens is 4. The molecule has 0 spiro atoms. The maximum Gasteiger partial charge on any atom is 0.276 e. The van der Waals surface area contributed by atoms with Crippen LogP contribution < -0.4 is 5.32 Å². The number of carbonyl (C=O) groups excluding carboxylic acids is 1. The summed E-state index contributed by atoms with van der Waals surface area (Å²) in [6, 6.07) is 27.3. The first-order chi connectivity index (χ1) is 15.1. The number of fused-ring (bicyclic) bond motifs is 1. The first-order valence-corrected chi connectivity index (χ1v) is 10.1. The second-order valence-electron chi connectivity index (χ2n) is 7.43. The number of imidazole rings is 1. The molecular formula is C25H21N5O. The lowest BCUT2D eigenvalue weighted by Crippen LogP contribution is -2.13. The highest BCUT2D eigenvalue weighted by Gasteiger charge is 2.14. The zero-order chi connectivity index (χ0) is 21.4. The second kappa shape index (κ2) is 7.57. The van der Waals surface area contributed by atoms with Crippen LogP contribution in [0.2, 0.25) is 0 Å². The van der Waals surface area contributed by atoms with Gasteiger partial charge in [-0.2, -0.15) is 5.10 Å². The standard InChI is InChI=1S/C25H21N5O/c1-17-16-22(28-30(17)20-8-4-3-5-9-20)25(31)26-19-14-12-18(13-15-19)24-27-21-10-6-7-11-23(21)29(24)2/h3-16H,1-2H3,(H,26,31). The zero-order valence-electron chi connectivity index (χ0n) is 17.3. The van der Waals surface area contributed by atoms with Crippen LogP contribution in [0.3, 0.4) is 0 Å². The summed E-state index contributed by atoms with van der Waals surface area (Å²) in [7, 11) is 2.01. The van der Waals surface area contributed by atoms with Gasteiger partial charge in [-0.1, -0.05) is 30.3 Å². The minimum absolute atomic E-state index is 0.242. The summed E-state index contributed by atoms with van der Waals surface area (Å²) in [4.78, 5) is 17.5. The molecule has 0 radical (unpaired) electrons. The van der Waals surface area contributed by atoms with Crippen molar-refractivity contribution in [1.82, 2.24) is 19.3 Å². The Morgan fingerprint density at radius 3 is 2.35 bits per heavy atom. The highest BCUT2D eigenvalue weighted by molar-refractivity contribution is 6.03. The summed E-state index contributed by atoms with van der Waals surface area (Å²) in [6.45, 7) is 1.93. The molecule has 6 nitrogen and oxygen atoms in total. The molecule has 0 saturated carbocycles. The van der Waals surface area contributed by atoms with Crippen LogP contribution in [0, 0.1) is 6.92 Å². The van der Waals surface area contributed by atoms with Crippen LogP contribution in [0.5, 0.6) is 0 Å². The number of benzene rings is 3. The Morgan fingerprint density at radius 2 is 1.61 bits per heavy atom. The predicted octanol–water partition coefficient (Wildman–Crippen LogP) is 4.99. The molecule has 0 bridgehead atoms. The zero-order valence-corrected chi connectivity index (χ0v) is 17.3. The van der Waals surface area contributed by atoms with Gasteiger partial charge >= 0.3 is 0 Å². The van der Waals surface area contributed by atoms with Crippen LogP contribution in [-0.2, 0) is 7.05 Å². The molecule has 0 aliphatic rings. The van der Waals surface area contributed by atoms with Gasteiger partial charge in [0.1, 0.15) is 5.82 Å². The third-order valence-corrected chi connectivity index (χ3v) is 5.31. The Morgan fingerprint density at radius 1 is 0.903 bits per heavy atom. The largest absolute Gasteiger partial charge is 0.327 e. The summed E-state index contributed by atoms with van der Waals surface area (Å²) in [5, 5.41) is 7.40. The molecule has 0 atom stereocenters. The summed E-state index contributed by atoms with van der Waals surface area (Å²) >= 11 is 0. The van der Waals surface area contributed by atoms with Gasteiger partial charge in [0.25, 0.3) is 5.91 Å². The van der Waals surface area contributed by atoms with Crippen molar-refractivity contribution in [3.8, 4) is 17.1 Å². The first-order valence-electron chi connectivity index (χ1n) is 10.1. The van der Waals surface area contributed by atoms with Crippen LogP contribution in [0.25, 0.3) is 28.1 Å². The lowest BCUT2D eigenvalue weighted by molar-refractivity contribution is 0.102. The van der Waals surface area contributed by atoms with Crippen molar-refractivity contribution >= 4 is 22.6 Å². The van der Waals surface area contributed by atoms with E-state index in [1.807, 2.05) is 86.8 Å². The van der Waals surface area contributed by atoms with E-state index in [1.165, 1.54) is 0 Å². The number of carbonyl (C=O) groups is 1. The molecule has 152 valence electrons. The lowest BCUT2D eigenvalue weighted by atomic mass is 10.2. The van der Waals surface area contributed by atoms with Gasteiger partial charge in [-0.25, -0.2) is 9.67 Å². The fourth-order valence-electron chi connectivity index (χ4n) is 3.72. The molecule has 0 aliphatic carbocycles. The van der Waals surface area contributed by atoms with E-state index in [0.29, 0.717) is 11.4 Å². The van der Waals surface area contributed by atoms with Gasteiger partial charge in [0.2, 0.25) is 0 Å². The first kappa shape index (κ1) is 18.8. The van der Waals surface area contributed by atoms with Crippen molar-refractivity contribution in [2.24, 2.45) is 7.05 Å². The van der Waals surface area contributed by atoms with Crippen molar-refractivity contribution in [2.75, 3.05) is 5.32 Å². The number of hydrogen-bond acceptors (Lipinski definition) is 3. The van der Waals surface area contributed by atoms with E-state index in [9.17, 15) is 4.79 Å². The van der Waals surface area contributed by atoms with Gasteiger partial charge in [-0.05, 0) is 61.5 Å². The summed E-state index contributed by atoms with van der Waals surface area (Å²) in [6.07, 6.45) is 0. The van der Waals surface area contributed by atoms with Crippen LogP contribution in [0.1, 0.15) is 16.2 Å². The average molecular weight is 407 g/mol. The molecule has 0 fully saturated rings. The Labute approximate surface area is 179 Å². The van der Waals surface area contributed by atoms with E-state index in [0.717, 1.165) is 33.8 Å². The van der Waals surface area contributed by atoms with Crippen molar-refractivity contribution in [3.05, 3.63) is 96.3 Å². The van der Waals surface area contributed by atoms with Gasteiger partial charge in [-0.3, -0.25) is 4.79 Å². The van der Waals surface area contributed by atoms with Crippen LogP contribution >= 0.6 is 0 Å². The number of hydrogen-bond donors (Lipinski definition) is 1. The third-order valence-electron chi connectivity index (χ3n) is 5.31. The number of rotatable bonds is 4. The topological polar surface area (TPSA) is 64.7 Å². The second-order valence-corrected chi connectivity index (χ2v) is 7.43. The minimum atomic E-state index is -0.242. The van der Waals surface area contributed by atoms with E-state index in [1.54, 1.807) is 10.7 Å². The van der Waals surface area contributed by atoms with E-state index >= 15 is 0 Å². The van der Waals surface area contributed by atoms with E-state index in [2.05, 4.69) is 21.0 Å². The average Bonchev–Trinajstić information content (AvgIpc) is 3.35. The minimum Gasteiger partial charge on any atom is -0.327 e. The Hall–Kier alpha value is -4.19. The van der Waals surface area contributed by atoms with Crippen LogP contribution in [0.4, 0.5) is 5.69 Å². The summed E-state index contributed by atoms with van der Waals surface area (Å²) in [5.41, 5.74) is 5.93. The van der Waals surface area contributed by atoms with Gasteiger partial charge in [0, 0.05) is 24.0 Å². The van der Waals surface area contributed by atoms with Gasteiger partial charge in [-0.15, -0.1) is 0 Å². The van der Waals surface area contributed by atoms with Crippen molar-refractivity contribution in [1.29, 1.82) is 0 Å². The normalized spacial score (nSPS) is 11.0. The number of para-hydroxylation sites is 3. The number of nitrogens with one attached hydrogen (secondary N) is 1. The van der Waals surface area contributed by atoms with Crippen LogP contribution in [-0.4, -0.2) is 25.2 Å². The number of anilines is 1. The molecule has 3 aromatic carbocycles. The molecule has 0 aliphatic heterocycles. The predicted molar refractivity (Wildman–Crippen MR) is 122 cm³/mol. The Kier molecular flexibility index (Phi) is 4.59. The molecule has 31 heavy (non-hydrogen) atoms. The highest BCUT2D eigenvalue weighted by atomic mass is 16.1. The monoisotopic (exact) mass is 407 g/mol. The molecule has 0 unspecified atom stereocenters.